The molecule has 0 radical (unpaired) electrons. The Hall–Kier alpha value is -3.32. The minimum Gasteiger partial charge on any atom is -0.507 e. The lowest BCUT2D eigenvalue weighted by atomic mass is 9.96. The highest BCUT2D eigenvalue weighted by atomic mass is 32.1. The molecule has 5 rings (SSSR count). The standard InChI is InChI=1S/C22H18N4O2S/c1-13-6-7-14-10-26(9-8-15(14)20(13)27)22(28)19-16-4-2-3-5-17(16)24-21(25-19)18-11-29-12-23-18/h2-7,11-12,27H,8-10H2,1H3. The zero-order chi connectivity index (χ0) is 20.0. The Kier molecular flexibility index (Phi) is 4.24. The molecule has 2 aromatic carbocycles. The number of thiazole rings is 1. The number of hydrogen-bond acceptors (Lipinski definition) is 6. The monoisotopic (exact) mass is 402 g/mol. The first kappa shape index (κ1) is 17.8. The van der Waals surface area contributed by atoms with Crippen molar-refractivity contribution in [1.82, 2.24) is 19.9 Å². The molecule has 0 saturated carbocycles. The highest BCUT2D eigenvalue weighted by Crippen LogP contribution is 2.31. The molecule has 7 heteroatoms. The van der Waals surface area contributed by atoms with E-state index < -0.39 is 0 Å². The second kappa shape index (κ2) is 6.93. The number of nitrogens with zero attached hydrogens (tertiary/aromatic N) is 4. The number of aromatic nitrogens is 3. The molecule has 3 heterocycles. The molecule has 2 aromatic heterocycles. The average molecular weight is 402 g/mol. The van der Waals surface area contributed by atoms with Gasteiger partial charge in [0.2, 0.25) is 0 Å². The highest BCUT2D eigenvalue weighted by Gasteiger charge is 2.27. The smallest absolute Gasteiger partial charge is 0.273 e. The number of benzene rings is 2. The third-order valence-electron chi connectivity index (χ3n) is 5.33. The largest absolute Gasteiger partial charge is 0.507 e. The summed E-state index contributed by atoms with van der Waals surface area (Å²) in [4.78, 5) is 28.7. The molecule has 0 unspecified atom stereocenters. The van der Waals surface area contributed by atoms with E-state index in [0.717, 1.165) is 27.6 Å². The van der Waals surface area contributed by atoms with E-state index >= 15 is 0 Å². The summed E-state index contributed by atoms with van der Waals surface area (Å²) in [5.41, 5.74) is 6.27. The van der Waals surface area contributed by atoms with Gasteiger partial charge in [0, 0.05) is 29.4 Å². The van der Waals surface area contributed by atoms with Gasteiger partial charge in [-0.05, 0) is 30.5 Å². The van der Waals surface area contributed by atoms with Gasteiger partial charge >= 0.3 is 0 Å². The van der Waals surface area contributed by atoms with Crippen LogP contribution in [0.15, 0.2) is 47.3 Å². The van der Waals surface area contributed by atoms with E-state index in [1.54, 1.807) is 10.4 Å². The van der Waals surface area contributed by atoms with Gasteiger partial charge in [-0.25, -0.2) is 15.0 Å². The number of aryl methyl sites for hydroxylation is 1. The normalized spacial score (nSPS) is 13.5. The van der Waals surface area contributed by atoms with Gasteiger partial charge in [-0.3, -0.25) is 4.79 Å². The Bertz CT molecular complexity index is 1240. The summed E-state index contributed by atoms with van der Waals surface area (Å²) in [7, 11) is 0. The number of para-hydroxylation sites is 1. The Labute approximate surface area is 171 Å². The van der Waals surface area contributed by atoms with E-state index in [9.17, 15) is 9.90 Å². The number of fused-ring (bicyclic) bond motifs is 2. The number of phenolic OH excluding ortho intramolecular Hbond substituents is 1. The molecule has 1 N–H and O–H groups in total. The molecule has 6 nitrogen and oxygen atoms in total. The molecule has 4 aromatic rings. The third-order valence-corrected chi connectivity index (χ3v) is 5.92. The molecule has 144 valence electrons. The van der Waals surface area contributed by atoms with Gasteiger partial charge in [0.15, 0.2) is 5.82 Å². The molecule has 0 bridgehead atoms. The summed E-state index contributed by atoms with van der Waals surface area (Å²) >= 11 is 1.47. The van der Waals surface area contributed by atoms with Crippen LogP contribution in [0.3, 0.4) is 0 Å². The molecule has 0 spiro atoms. The van der Waals surface area contributed by atoms with Gasteiger partial charge in [-0.2, -0.15) is 0 Å². The Morgan fingerprint density at radius 2 is 2.03 bits per heavy atom. The average Bonchev–Trinajstić information content (AvgIpc) is 3.30. The molecule has 29 heavy (non-hydrogen) atoms. The summed E-state index contributed by atoms with van der Waals surface area (Å²) in [5, 5.41) is 12.9. The maximum Gasteiger partial charge on any atom is 0.273 e. The van der Waals surface area contributed by atoms with Crippen LogP contribution in [0.4, 0.5) is 0 Å². The molecule has 0 saturated heterocycles. The van der Waals surface area contributed by atoms with Crippen LogP contribution in [0.1, 0.15) is 27.2 Å². The van der Waals surface area contributed by atoms with Crippen molar-refractivity contribution in [2.75, 3.05) is 6.54 Å². The molecule has 1 aliphatic heterocycles. The number of rotatable bonds is 2. The van der Waals surface area contributed by atoms with Crippen molar-refractivity contribution in [3.63, 3.8) is 0 Å². The van der Waals surface area contributed by atoms with Crippen molar-refractivity contribution in [2.24, 2.45) is 0 Å². The van der Waals surface area contributed by atoms with Gasteiger partial charge in [-0.1, -0.05) is 30.3 Å². The SMILES string of the molecule is Cc1ccc2c(c1O)CCN(C(=O)c1nc(-c3cscn3)nc3ccccc13)C2. The predicted molar refractivity (Wildman–Crippen MR) is 112 cm³/mol. The van der Waals surface area contributed by atoms with E-state index in [0.29, 0.717) is 42.5 Å². The second-order valence-corrected chi connectivity index (χ2v) is 7.85. The lowest BCUT2D eigenvalue weighted by Crippen LogP contribution is -2.36. The first-order valence-electron chi connectivity index (χ1n) is 9.37. The fourth-order valence-electron chi connectivity index (χ4n) is 3.75. The summed E-state index contributed by atoms with van der Waals surface area (Å²) < 4.78 is 0. The number of carbonyl (C=O) groups is 1. The van der Waals surface area contributed by atoms with Gasteiger partial charge < -0.3 is 10.0 Å². The molecule has 0 fully saturated rings. The van der Waals surface area contributed by atoms with Crippen molar-refractivity contribution in [1.29, 1.82) is 0 Å². The minimum absolute atomic E-state index is 0.134. The molecule has 1 amide bonds. The van der Waals surface area contributed by atoms with Crippen LogP contribution >= 0.6 is 11.3 Å². The Balaban J connectivity index is 1.57. The molecule has 0 atom stereocenters. The lowest BCUT2D eigenvalue weighted by Gasteiger charge is -2.29. The Morgan fingerprint density at radius 1 is 1.17 bits per heavy atom. The van der Waals surface area contributed by atoms with Crippen LogP contribution < -0.4 is 0 Å². The van der Waals surface area contributed by atoms with Crippen LogP contribution in [0.25, 0.3) is 22.4 Å². The number of aromatic hydroxyl groups is 1. The van der Waals surface area contributed by atoms with Crippen molar-refractivity contribution in [3.8, 4) is 17.3 Å². The van der Waals surface area contributed by atoms with Crippen LogP contribution in [-0.2, 0) is 13.0 Å². The Morgan fingerprint density at radius 3 is 2.86 bits per heavy atom. The molecular weight excluding hydrogens is 384 g/mol. The molecule has 1 aliphatic rings. The summed E-state index contributed by atoms with van der Waals surface area (Å²) in [5.74, 6) is 0.665. The fourth-order valence-corrected chi connectivity index (χ4v) is 4.28. The summed E-state index contributed by atoms with van der Waals surface area (Å²) in [6, 6.07) is 11.4. The third kappa shape index (κ3) is 3.03. The van der Waals surface area contributed by atoms with Crippen LogP contribution in [0.2, 0.25) is 0 Å². The van der Waals surface area contributed by atoms with Crippen molar-refractivity contribution >= 4 is 28.1 Å². The maximum atomic E-state index is 13.5. The van der Waals surface area contributed by atoms with Gasteiger partial charge in [-0.15, -0.1) is 11.3 Å². The minimum atomic E-state index is -0.134. The fraction of sp³-hybridized carbons (Fsp3) is 0.182. The van der Waals surface area contributed by atoms with Crippen molar-refractivity contribution in [2.45, 2.75) is 19.9 Å². The van der Waals surface area contributed by atoms with E-state index in [4.69, 9.17) is 0 Å². The maximum absolute atomic E-state index is 13.5. The number of carbonyl (C=O) groups excluding carboxylic acids is 1. The van der Waals surface area contributed by atoms with E-state index in [1.165, 1.54) is 11.3 Å². The van der Waals surface area contributed by atoms with Gasteiger partial charge in [0.05, 0.1) is 11.0 Å². The topological polar surface area (TPSA) is 79.2 Å². The first-order valence-corrected chi connectivity index (χ1v) is 10.3. The van der Waals surface area contributed by atoms with Crippen LogP contribution in [-0.4, -0.2) is 37.4 Å². The van der Waals surface area contributed by atoms with E-state index in [-0.39, 0.29) is 5.91 Å². The van der Waals surface area contributed by atoms with Crippen LogP contribution in [0.5, 0.6) is 5.75 Å². The quantitative estimate of drug-likeness (QED) is 0.549. The number of phenols is 1. The summed E-state index contributed by atoms with van der Waals surface area (Å²) in [6.07, 6.45) is 0.622. The van der Waals surface area contributed by atoms with Crippen LogP contribution in [0, 0.1) is 6.92 Å². The van der Waals surface area contributed by atoms with Crippen molar-refractivity contribution in [3.05, 3.63) is 69.7 Å². The first-order chi connectivity index (χ1) is 14.1. The molecular formula is C22H18N4O2S. The van der Waals surface area contributed by atoms with Crippen molar-refractivity contribution < 1.29 is 9.90 Å². The molecule has 0 aliphatic carbocycles. The number of hydrogen-bond donors (Lipinski definition) is 1. The predicted octanol–water partition coefficient (Wildman–Crippen LogP) is 3.97. The summed E-state index contributed by atoms with van der Waals surface area (Å²) in [6.45, 7) is 2.87. The lowest BCUT2D eigenvalue weighted by molar-refractivity contribution is 0.0730. The van der Waals surface area contributed by atoms with E-state index in [2.05, 4.69) is 15.0 Å². The second-order valence-electron chi connectivity index (χ2n) is 7.13. The zero-order valence-electron chi connectivity index (χ0n) is 15.8. The van der Waals surface area contributed by atoms with E-state index in [1.807, 2.05) is 48.7 Å². The van der Waals surface area contributed by atoms with Gasteiger partial charge in [0.1, 0.15) is 17.1 Å². The number of amides is 1. The highest BCUT2D eigenvalue weighted by molar-refractivity contribution is 7.07. The van der Waals surface area contributed by atoms with Gasteiger partial charge in [0.25, 0.3) is 5.91 Å². The zero-order valence-corrected chi connectivity index (χ0v) is 16.6.